The summed E-state index contributed by atoms with van der Waals surface area (Å²) in [6.07, 6.45) is 0. The van der Waals surface area contributed by atoms with Crippen molar-refractivity contribution in [2.24, 2.45) is 0 Å². The molecule has 0 atom stereocenters. The lowest BCUT2D eigenvalue weighted by atomic mass is 10.1. The molecule has 0 radical (unpaired) electrons. The lowest BCUT2D eigenvalue weighted by Gasteiger charge is -2.09. The molecule has 0 unspecified atom stereocenters. The van der Waals surface area contributed by atoms with Gasteiger partial charge in [-0.3, -0.25) is 14.9 Å². The van der Waals surface area contributed by atoms with Gasteiger partial charge in [0.15, 0.2) is 0 Å². The van der Waals surface area contributed by atoms with E-state index in [1.54, 1.807) is 24.3 Å². The van der Waals surface area contributed by atoms with E-state index < -0.39 is 10.8 Å². The van der Waals surface area contributed by atoms with Crippen LogP contribution in [-0.4, -0.2) is 17.9 Å². The number of para-hydroxylation sites is 1. The second-order valence-electron chi connectivity index (χ2n) is 5.53. The fourth-order valence-corrected chi connectivity index (χ4v) is 2.41. The van der Waals surface area contributed by atoms with Gasteiger partial charge in [0.05, 0.1) is 12.0 Å². The largest absolute Gasteiger partial charge is 0.497 e. The number of ether oxygens (including phenoxy) is 2. The minimum absolute atomic E-state index is 0.0797. The normalized spacial score (nSPS) is 10.1. The summed E-state index contributed by atoms with van der Waals surface area (Å²) in [5.74, 6) is 1.06. The highest BCUT2D eigenvalue weighted by atomic mass is 16.6. The van der Waals surface area contributed by atoms with Gasteiger partial charge in [-0.05, 0) is 48.5 Å². The Balaban J connectivity index is 1.75. The van der Waals surface area contributed by atoms with Crippen molar-refractivity contribution in [3.8, 4) is 17.2 Å². The zero-order valence-corrected chi connectivity index (χ0v) is 14.4. The van der Waals surface area contributed by atoms with E-state index >= 15 is 0 Å². The summed E-state index contributed by atoms with van der Waals surface area (Å²) in [5.41, 5.74) is 0.110. The maximum atomic E-state index is 12.5. The average Bonchev–Trinajstić information content (AvgIpc) is 2.69. The molecule has 7 heteroatoms. The van der Waals surface area contributed by atoms with Crippen molar-refractivity contribution in [2.75, 3.05) is 12.4 Å². The molecule has 27 heavy (non-hydrogen) atoms. The van der Waals surface area contributed by atoms with Crippen LogP contribution in [0.5, 0.6) is 17.2 Å². The van der Waals surface area contributed by atoms with Crippen molar-refractivity contribution < 1.29 is 19.2 Å². The summed E-state index contributed by atoms with van der Waals surface area (Å²) < 4.78 is 10.7. The third kappa shape index (κ3) is 4.40. The van der Waals surface area contributed by atoms with Crippen LogP contribution in [0.2, 0.25) is 0 Å². The quantitative estimate of drug-likeness (QED) is 0.508. The maximum absolute atomic E-state index is 12.5. The van der Waals surface area contributed by atoms with Gasteiger partial charge in [-0.15, -0.1) is 0 Å². The second-order valence-corrected chi connectivity index (χ2v) is 5.53. The molecule has 1 amide bonds. The summed E-state index contributed by atoms with van der Waals surface area (Å²) in [6.45, 7) is 0. The zero-order valence-electron chi connectivity index (χ0n) is 14.4. The first-order chi connectivity index (χ1) is 13.1. The maximum Gasteiger partial charge on any atom is 0.282 e. The molecule has 3 aromatic rings. The number of carbonyl (C=O) groups excluding carboxylic acids is 1. The number of methoxy groups -OCH3 is 1. The fraction of sp³-hybridized carbons (Fsp3) is 0.0500. The monoisotopic (exact) mass is 364 g/mol. The van der Waals surface area contributed by atoms with Gasteiger partial charge in [-0.25, -0.2) is 0 Å². The smallest absolute Gasteiger partial charge is 0.282 e. The number of benzene rings is 3. The third-order valence-corrected chi connectivity index (χ3v) is 3.74. The van der Waals surface area contributed by atoms with Gasteiger partial charge in [-0.1, -0.05) is 18.2 Å². The van der Waals surface area contributed by atoms with Crippen molar-refractivity contribution >= 4 is 17.3 Å². The van der Waals surface area contributed by atoms with Gasteiger partial charge in [0.1, 0.15) is 22.8 Å². The number of carbonyl (C=O) groups is 1. The Labute approximate surface area is 155 Å². The van der Waals surface area contributed by atoms with E-state index in [1.807, 2.05) is 30.3 Å². The van der Waals surface area contributed by atoms with Crippen molar-refractivity contribution in [3.63, 3.8) is 0 Å². The van der Waals surface area contributed by atoms with Gasteiger partial charge in [0.2, 0.25) is 0 Å². The number of rotatable bonds is 6. The van der Waals surface area contributed by atoms with E-state index in [0.717, 1.165) is 0 Å². The van der Waals surface area contributed by atoms with Crippen molar-refractivity contribution in [3.05, 3.63) is 88.5 Å². The molecule has 7 nitrogen and oxygen atoms in total. The summed E-state index contributed by atoms with van der Waals surface area (Å²) in [7, 11) is 1.42. The molecule has 136 valence electrons. The predicted octanol–water partition coefficient (Wildman–Crippen LogP) is 4.65. The molecule has 0 aliphatic heterocycles. The van der Waals surface area contributed by atoms with E-state index in [-0.39, 0.29) is 11.3 Å². The van der Waals surface area contributed by atoms with Gasteiger partial charge in [0.25, 0.3) is 11.6 Å². The SMILES string of the molecule is COc1ccc([N+](=O)[O-])c(C(=O)Nc2ccc(Oc3ccccc3)cc2)c1. The van der Waals surface area contributed by atoms with Gasteiger partial charge >= 0.3 is 0 Å². The molecule has 0 fully saturated rings. The first kappa shape index (κ1) is 17.9. The van der Waals surface area contributed by atoms with E-state index in [2.05, 4.69) is 5.32 Å². The lowest BCUT2D eigenvalue weighted by Crippen LogP contribution is -2.14. The highest BCUT2D eigenvalue weighted by molar-refractivity contribution is 6.07. The molecule has 0 bridgehead atoms. The predicted molar refractivity (Wildman–Crippen MR) is 101 cm³/mol. The van der Waals surface area contributed by atoms with Crippen LogP contribution >= 0.6 is 0 Å². The van der Waals surface area contributed by atoms with Crippen LogP contribution in [0.25, 0.3) is 0 Å². The number of anilines is 1. The number of hydrogen-bond donors (Lipinski definition) is 1. The minimum atomic E-state index is -0.606. The summed E-state index contributed by atoms with van der Waals surface area (Å²) in [6, 6.07) is 20.0. The van der Waals surface area contributed by atoms with Crippen molar-refractivity contribution in [2.45, 2.75) is 0 Å². The van der Waals surface area contributed by atoms with Gasteiger partial charge < -0.3 is 14.8 Å². The lowest BCUT2D eigenvalue weighted by molar-refractivity contribution is -0.385. The van der Waals surface area contributed by atoms with Crippen LogP contribution in [0.4, 0.5) is 11.4 Å². The first-order valence-electron chi connectivity index (χ1n) is 8.03. The molecule has 3 rings (SSSR count). The Morgan fingerprint density at radius 2 is 1.56 bits per heavy atom. The molecule has 0 aliphatic carbocycles. The van der Waals surface area contributed by atoms with E-state index in [4.69, 9.17) is 9.47 Å². The van der Waals surface area contributed by atoms with Crippen molar-refractivity contribution in [1.82, 2.24) is 0 Å². The molecule has 1 N–H and O–H groups in total. The zero-order chi connectivity index (χ0) is 19.2. The Morgan fingerprint density at radius 1 is 0.926 bits per heavy atom. The number of nitrogens with one attached hydrogen (secondary N) is 1. The summed E-state index contributed by atoms with van der Waals surface area (Å²) >= 11 is 0. The van der Waals surface area contributed by atoms with E-state index in [9.17, 15) is 14.9 Å². The van der Waals surface area contributed by atoms with Gasteiger partial charge in [-0.2, -0.15) is 0 Å². The molecular formula is C20H16N2O5. The average molecular weight is 364 g/mol. The Kier molecular flexibility index (Phi) is 5.32. The summed E-state index contributed by atoms with van der Waals surface area (Å²) in [4.78, 5) is 23.0. The molecule has 0 aliphatic rings. The topological polar surface area (TPSA) is 90.7 Å². The molecule has 0 saturated carbocycles. The molecular weight excluding hydrogens is 348 g/mol. The van der Waals surface area contributed by atoms with Crippen LogP contribution in [0, 0.1) is 10.1 Å². The van der Waals surface area contributed by atoms with E-state index in [0.29, 0.717) is 22.9 Å². The van der Waals surface area contributed by atoms with Crippen molar-refractivity contribution in [1.29, 1.82) is 0 Å². The number of nitro groups is 1. The highest BCUT2D eigenvalue weighted by Crippen LogP contribution is 2.26. The number of hydrogen-bond acceptors (Lipinski definition) is 5. The molecule has 0 heterocycles. The highest BCUT2D eigenvalue weighted by Gasteiger charge is 2.21. The Hall–Kier alpha value is -3.87. The molecule has 0 saturated heterocycles. The minimum Gasteiger partial charge on any atom is -0.497 e. The molecule has 0 aromatic heterocycles. The standard InChI is InChI=1S/C20H16N2O5/c1-26-17-11-12-19(22(24)25)18(13-17)20(23)21-14-7-9-16(10-8-14)27-15-5-3-2-4-6-15/h2-13H,1H3,(H,21,23). The Morgan fingerprint density at radius 3 is 2.19 bits per heavy atom. The first-order valence-corrected chi connectivity index (χ1v) is 8.03. The summed E-state index contributed by atoms with van der Waals surface area (Å²) in [5, 5.41) is 13.8. The third-order valence-electron chi connectivity index (χ3n) is 3.74. The van der Waals surface area contributed by atoms with E-state index in [1.165, 1.54) is 25.3 Å². The van der Waals surface area contributed by atoms with Crippen LogP contribution in [0.1, 0.15) is 10.4 Å². The van der Waals surface area contributed by atoms with Crippen LogP contribution < -0.4 is 14.8 Å². The number of nitrogens with zero attached hydrogens (tertiary/aromatic N) is 1. The Bertz CT molecular complexity index is 956. The number of nitro benzene ring substituents is 1. The number of amides is 1. The van der Waals surface area contributed by atoms with Crippen LogP contribution in [0.15, 0.2) is 72.8 Å². The fourth-order valence-electron chi connectivity index (χ4n) is 2.41. The van der Waals surface area contributed by atoms with Crippen LogP contribution in [0.3, 0.4) is 0 Å². The van der Waals surface area contributed by atoms with Crippen LogP contribution in [-0.2, 0) is 0 Å². The molecule has 3 aromatic carbocycles. The second kappa shape index (κ2) is 8.01. The molecule has 0 spiro atoms. The van der Waals surface area contributed by atoms with Gasteiger partial charge in [0, 0.05) is 11.8 Å².